The van der Waals surface area contributed by atoms with E-state index in [1.54, 1.807) is 25.1 Å². The van der Waals surface area contributed by atoms with Gasteiger partial charge >= 0.3 is 12.0 Å². The highest BCUT2D eigenvalue weighted by Crippen LogP contribution is 2.27. The summed E-state index contributed by atoms with van der Waals surface area (Å²) in [5.74, 6) is -1.09. The number of nitrogens with zero attached hydrogens (tertiary/aromatic N) is 2. The molecule has 0 unspecified atom stereocenters. The van der Waals surface area contributed by atoms with Crippen molar-refractivity contribution in [2.75, 3.05) is 19.0 Å². The highest BCUT2D eigenvalue weighted by atomic mass is 35.5. The van der Waals surface area contributed by atoms with Gasteiger partial charge in [0.25, 0.3) is 10.0 Å². The zero-order valence-corrected chi connectivity index (χ0v) is 17.3. The summed E-state index contributed by atoms with van der Waals surface area (Å²) in [5.41, 5.74) is 0.0725. The lowest BCUT2D eigenvalue weighted by Gasteiger charge is -2.09. The number of ether oxygens (including phenoxy) is 2. The molecule has 30 heavy (non-hydrogen) atoms. The number of H-pyrrole nitrogens is 1. The number of aromatic nitrogens is 3. The number of hydrogen-bond acceptors (Lipinski definition) is 8. The van der Waals surface area contributed by atoms with Gasteiger partial charge in [0.1, 0.15) is 15.7 Å². The molecule has 1 aromatic carbocycles. The molecule has 0 saturated carbocycles. The quantitative estimate of drug-likeness (QED) is 0.379. The lowest BCUT2D eigenvalue weighted by Crippen LogP contribution is -2.35. The van der Waals surface area contributed by atoms with Gasteiger partial charge in [0.05, 0.1) is 13.7 Å². The number of carbonyl (C=O) groups excluding carboxylic acids is 2. The van der Waals surface area contributed by atoms with Gasteiger partial charge in [-0.1, -0.05) is 29.8 Å². The first-order chi connectivity index (χ1) is 14.2. The number of benzene rings is 1. The number of halogens is 1. The third-order valence-corrected chi connectivity index (χ3v) is 5.35. The minimum Gasteiger partial charge on any atom is -0.481 e. The topological polar surface area (TPSA) is 152 Å². The van der Waals surface area contributed by atoms with Crippen molar-refractivity contribution in [3.8, 4) is 5.88 Å². The summed E-state index contributed by atoms with van der Waals surface area (Å²) >= 11 is 5.80. The number of urea groups is 1. The van der Waals surface area contributed by atoms with Crippen molar-refractivity contribution in [3.63, 3.8) is 0 Å². The van der Waals surface area contributed by atoms with Crippen LogP contribution in [0.25, 0.3) is 10.9 Å². The third-order valence-electron chi connectivity index (χ3n) is 3.74. The van der Waals surface area contributed by atoms with Crippen LogP contribution < -0.4 is 14.8 Å². The van der Waals surface area contributed by atoms with E-state index < -0.39 is 26.9 Å². The van der Waals surface area contributed by atoms with Crippen LogP contribution in [0.2, 0.25) is 5.15 Å². The Morgan fingerprint density at radius 3 is 2.67 bits per heavy atom. The van der Waals surface area contributed by atoms with E-state index in [9.17, 15) is 18.0 Å². The average Bonchev–Trinajstić information content (AvgIpc) is 3.07. The van der Waals surface area contributed by atoms with Crippen LogP contribution in [0.5, 0.6) is 5.88 Å². The maximum absolute atomic E-state index is 12.9. The van der Waals surface area contributed by atoms with Crippen molar-refractivity contribution in [2.24, 2.45) is 0 Å². The molecule has 2 heterocycles. The molecule has 0 bridgehead atoms. The third kappa shape index (κ3) is 4.44. The van der Waals surface area contributed by atoms with Crippen molar-refractivity contribution >= 4 is 50.5 Å². The van der Waals surface area contributed by atoms with Crippen LogP contribution in [-0.4, -0.2) is 49.1 Å². The van der Waals surface area contributed by atoms with Gasteiger partial charge in [0.15, 0.2) is 0 Å². The first kappa shape index (κ1) is 21.3. The summed E-state index contributed by atoms with van der Waals surface area (Å²) in [5, 5.41) is 2.34. The second kappa shape index (κ2) is 8.55. The number of anilines is 1. The van der Waals surface area contributed by atoms with Crippen LogP contribution in [0.1, 0.15) is 17.4 Å². The Balaban J connectivity index is 1.94. The summed E-state index contributed by atoms with van der Waals surface area (Å²) in [6.45, 7) is 1.62. The molecule has 0 atom stereocenters. The van der Waals surface area contributed by atoms with Gasteiger partial charge in [-0.25, -0.2) is 27.7 Å². The largest absolute Gasteiger partial charge is 0.481 e. The van der Waals surface area contributed by atoms with E-state index in [0.29, 0.717) is 5.52 Å². The van der Waals surface area contributed by atoms with Crippen molar-refractivity contribution < 1.29 is 27.5 Å². The van der Waals surface area contributed by atoms with Crippen molar-refractivity contribution in [1.29, 1.82) is 0 Å². The number of carbonyl (C=O) groups is 2. The van der Waals surface area contributed by atoms with Crippen molar-refractivity contribution in [3.05, 3.63) is 41.2 Å². The van der Waals surface area contributed by atoms with Crippen molar-refractivity contribution in [2.45, 2.75) is 11.8 Å². The number of rotatable bonds is 6. The SMILES string of the molecule is CCOC(=O)c1[nH]c2ccccc2c1S(=O)(=O)NC(=O)Nc1nc(Cl)cc(OC)n1. The molecule has 3 aromatic rings. The molecule has 2 aromatic heterocycles. The average molecular weight is 454 g/mol. The van der Waals surface area contributed by atoms with E-state index in [1.807, 2.05) is 4.72 Å². The van der Waals surface area contributed by atoms with E-state index in [1.165, 1.54) is 19.2 Å². The lowest BCUT2D eigenvalue weighted by atomic mass is 10.2. The fraction of sp³-hybridized carbons (Fsp3) is 0.176. The fourth-order valence-electron chi connectivity index (χ4n) is 2.60. The molecule has 3 N–H and O–H groups in total. The molecular weight excluding hydrogens is 438 g/mol. The Kier molecular flexibility index (Phi) is 6.08. The summed E-state index contributed by atoms with van der Waals surface area (Å²) < 4.78 is 37.5. The molecule has 158 valence electrons. The summed E-state index contributed by atoms with van der Waals surface area (Å²) in [4.78, 5) is 34.5. The smallest absolute Gasteiger partial charge is 0.356 e. The number of sulfonamides is 1. The van der Waals surface area contributed by atoms with Gasteiger partial charge in [-0.15, -0.1) is 0 Å². The normalized spacial score (nSPS) is 11.2. The highest BCUT2D eigenvalue weighted by Gasteiger charge is 2.30. The zero-order chi connectivity index (χ0) is 21.9. The molecule has 0 radical (unpaired) electrons. The van der Waals surface area contributed by atoms with E-state index in [2.05, 4.69) is 20.3 Å². The Bertz CT molecular complexity index is 1230. The molecule has 11 nitrogen and oxygen atoms in total. The Labute approximate surface area is 175 Å². The number of aromatic amines is 1. The number of para-hydroxylation sites is 1. The fourth-order valence-corrected chi connectivity index (χ4v) is 4.04. The number of nitrogens with one attached hydrogen (secondary N) is 3. The molecule has 0 fully saturated rings. The maximum atomic E-state index is 12.9. The minimum atomic E-state index is -4.50. The van der Waals surface area contributed by atoms with Gasteiger partial charge in [-0.2, -0.15) is 4.98 Å². The molecule has 2 amide bonds. The summed E-state index contributed by atoms with van der Waals surface area (Å²) in [7, 11) is -3.16. The molecule has 3 rings (SSSR count). The van der Waals surface area contributed by atoms with E-state index in [4.69, 9.17) is 21.1 Å². The number of hydrogen-bond donors (Lipinski definition) is 3. The number of methoxy groups -OCH3 is 1. The predicted molar refractivity (Wildman–Crippen MR) is 107 cm³/mol. The molecule has 0 spiro atoms. The number of amides is 2. The van der Waals surface area contributed by atoms with Crippen LogP contribution in [-0.2, 0) is 14.8 Å². The predicted octanol–water partition coefficient (Wildman–Crippen LogP) is 2.31. The second-order valence-electron chi connectivity index (χ2n) is 5.71. The lowest BCUT2D eigenvalue weighted by molar-refractivity contribution is 0.0516. The van der Waals surface area contributed by atoms with Gasteiger partial charge < -0.3 is 14.5 Å². The maximum Gasteiger partial charge on any atom is 0.356 e. The molecule has 0 saturated heterocycles. The van der Waals surface area contributed by atoms with Crippen molar-refractivity contribution in [1.82, 2.24) is 19.7 Å². The molecular formula is C17H16ClN5O6S. The van der Waals surface area contributed by atoms with Crippen LogP contribution in [0.3, 0.4) is 0 Å². The number of esters is 1. The van der Waals surface area contributed by atoms with Gasteiger partial charge in [0.2, 0.25) is 11.8 Å². The second-order valence-corrected chi connectivity index (χ2v) is 7.72. The minimum absolute atomic E-state index is 0.0266. The van der Waals surface area contributed by atoms with Crippen LogP contribution >= 0.6 is 11.6 Å². The van der Waals surface area contributed by atoms with E-state index in [-0.39, 0.29) is 34.7 Å². The first-order valence-electron chi connectivity index (χ1n) is 8.45. The molecule has 0 aliphatic heterocycles. The summed E-state index contributed by atoms with van der Waals surface area (Å²) in [6.07, 6.45) is 0. The number of fused-ring (bicyclic) bond motifs is 1. The van der Waals surface area contributed by atoms with E-state index in [0.717, 1.165) is 0 Å². The summed E-state index contributed by atoms with van der Waals surface area (Å²) in [6, 6.07) is 6.47. The Hall–Kier alpha value is -3.38. The van der Waals surface area contributed by atoms with Gasteiger partial charge in [0, 0.05) is 17.0 Å². The monoisotopic (exact) mass is 453 g/mol. The molecule has 0 aliphatic carbocycles. The first-order valence-corrected chi connectivity index (χ1v) is 10.3. The highest BCUT2D eigenvalue weighted by molar-refractivity contribution is 7.90. The van der Waals surface area contributed by atoms with Gasteiger partial charge in [-0.3, -0.25) is 5.32 Å². The molecule has 13 heteroatoms. The molecule has 0 aliphatic rings. The van der Waals surface area contributed by atoms with Crippen LogP contribution in [0.15, 0.2) is 35.2 Å². The standard InChI is InChI=1S/C17H16ClN5O6S/c1-3-29-15(24)13-14(9-6-4-5-7-10(9)19-13)30(26,27)23-17(25)22-16-20-11(18)8-12(21-16)28-2/h4-8,19H,3H2,1-2H3,(H2,20,21,22,23,25). The Morgan fingerprint density at radius 1 is 1.23 bits per heavy atom. The zero-order valence-electron chi connectivity index (χ0n) is 15.7. The van der Waals surface area contributed by atoms with Gasteiger partial charge in [-0.05, 0) is 13.0 Å². The van der Waals surface area contributed by atoms with Crippen LogP contribution in [0, 0.1) is 0 Å². The van der Waals surface area contributed by atoms with Crippen LogP contribution in [0.4, 0.5) is 10.7 Å². The Morgan fingerprint density at radius 2 is 1.97 bits per heavy atom. The van der Waals surface area contributed by atoms with E-state index >= 15 is 0 Å².